The molecule has 0 spiro atoms. The van der Waals surface area contributed by atoms with Crippen LogP contribution in [0.4, 0.5) is 5.69 Å². The summed E-state index contributed by atoms with van der Waals surface area (Å²) in [6, 6.07) is 10.7. The van der Waals surface area contributed by atoms with E-state index >= 15 is 0 Å². The largest absolute Gasteiger partial charge is 0.367 e. The summed E-state index contributed by atoms with van der Waals surface area (Å²) in [6.45, 7) is 6.21. The molecule has 4 heterocycles. The molecule has 1 saturated heterocycles. The van der Waals surface area contributed by atoms with Crippen LogP contribution in [0.5, 0.6) is 0 Å². The fourth-order valence-electron chi connectivity index (χ4n) is 4.40. The van der Waals surface area contributed by atoms with Crippen LogP contribution in [0.3, 0.4) is 0 Å². The van der Waals surface area contributed by atoms with Crippen molar-refractivity contribution in [3.05, 3.63) is 47.2 Å². The highest BCUT2D eigenvalue weighted by molar-refractivity contribution is 6.35. The second-order valence-corrected chi connectivity index (χ2v) is 8.71. The van der Waals surface area contributed by atoms with E-state index in [0.29, 0.717) is 39.5 Å². The smallest absolute Gasteiger partial charge is 0.161 e. The van der Waals surface area contributed by atoms with E-state index in [-0.39, 0.29) is 0 Å². The monoisotopic (exact) mass is 431 g/mol. The number of piperazine rings is 1. The van der Waals surface area contributed by atoms with E-state index in [4.69, 9.17) is 16.6 Å². The first-order valence-corrected chi connectivity index (χ1v) is 10.6. The molecule has 1 fully saturated rings. The molecule has 1 aliphatic rings. The van der Waals surface area contributed by atoms with Gasteiger partial charge in [-0.25, -0.2) is 9.97 Å². The van der Waals surface area contributed by atoms with Crippen molar-refractivity contribution in [2.45, 2.75) is 25.9 Å². The van der Waals surface area contributed by atoms with Gasteiger partial charge in [-0.2, -0.15) is 10.4 Å². The van der Waals surface area contributed by atoms with E-state index in [0.717, 1.165) is 35.1 Å². The average Bonchev–Trinajstić information content (AvgIpc) is 3.12. The molecule has 0 unspecified atom stereocenters. The first-order chi connectivity index (χ1) is 14.9. The van der Waals surface area contributed by atoms with Crippen molar-refractivity contribution in [2.24, 2.45) is 7.05 Å². The number of nitriles is 1. The Morgan fingerprint density at radius 3 is 2.68 bits per heavy atom. The quantitative estimate of drug-likeness (QED) is 0.518. The molecule has 5 rings (SSSR count). The normalized spacial score (nSPS) is 19.1. The van der Waals surface area contributed by atoms with Gasteiger partial charge in [-0.15, -0.1) is 0 Å². The Balaban J connectivity index is 1.58. The average molecular weight is 432 g/mol. The van der Waals surface area contributed by atoms with Crippen molar-refractivity contribution in [3.8, 4) is 17.3 Å². The summed E-state index contributed by atoms with van der Waals surface area (Å²) in [5.74, 6) is 0. The number of halogens is 1. The number of rotatable bonds is 2. The Bertz CT molecular complexity index is 1340. The molecule has 4 aromatic rings. The predicted molar refractivity (Wildman–Crippen MR) is 123 cm³/mol. The van der Waals surface area contributed by atoms with Crippen LogP contribution in [0.15, 0.2) is 36.7 Å². The van der Waals surface area contributed by atoms with E-state index in [1.165, 1.54) is 0 Å². The number of nitrogens with zero attached hydrogens (tertiary/aromatic N) is 6. The second-order valence-electron chi connectivity index (χ2n) is 8.30. The summed E-state index contributed by atoms with van der Waals surface area (Å²) in [5, 5.41) is 19.8. The topological polar surface area (TPSA) is 82.7 Å². The van der Waals surface area contributed by atoms with Gasteiger partial charge in [0, 0.05) is 54.8 Å². The number of nitrogens with one attached hydrogen (secondary N) is 1. The predicted octanol–water partition coefficient (Wildman–Crippen LogP) is 3.90. The van der Waals surface area contributed by atoms with Gasteiger partial charge in [-0.1, -0.05) is 11.6 Å². The van der Waals surface area contributed by atoms with Crippen LogP contribution >= 0.6 is 11.6 Å². The lowest BCUT2D eigenvalue weighted by Gasteiger charge is -2.37. The molecule has 8 heteroatoms. The molecular weight excluding hydrogens is 410 g/mol. The SMILES string of the molecule is C[C@H]1CN(c2cnc3nc(-c4cc(C#N)c5nn(C)cc5c4)cc(Cl)c3c2)C[C@H](C)N1. The van der Waals surface area contributed by atoms with Gasteiger partial charge in [0.25, 0.3) is 0 Å². The number of benzene rings is 1. The highest BCUT2D eigenvalue weighted by Crippen LogP contribution is 2.32. The van der Waals surface area contributed by atoms with Gasteiger partial charge in [-0.3, -0.25) is 4.68 Å². The number of anilines is 1. The molecule has 1 N–H and O–H groups in total. The van der Waals surface area contributed by atoms with E-state index in [1.807, 2.05) is 31.6 Å². The zero-order valence-electron chi connectivity index (χ0n) is 17.6. The van der Waals surface area contributed by atoms with Gasteiger partial charge in [-0.05, 0) is 38.1 Å². The Morgan fingerprint density at radius 1 is 1.16 bits per heavy atom. The van der Waals surface area contributed by atoms with Crippen molar-refractivity contribution in [2.75, 3.05) is 18.0 Å². The zero-order valence-corrected chi connectivity index (χ0v) is 18.4. The van der Waals surface area contributed by atoms with Crippen LogP contribution in [0.25, 0.3) is 33.2 Å². The second kappa shape index (κ2) is 7.49. The molecule has 0 bridgehead atoms. The van der Waals surface area contributed by atoms with Crippen LogP contribution < -0.4 is 10.2 Å². The summed E-state index contributed by atoms with van der Waals surface area (Å²) in [5.41, 5.74) is 4.33. The van der Waals surface area contributed by atoms with Gasteiger partial charge in [0.1, 0.15) is 11.6 Å². The Hall–Kier alpha value is -3.21. The maximum absolute atomic E-state index is 9.57. The molecule has 31 heavy (non-hydrogen) atoms. The molecule has 7 nitrogen and oxygen atoms in total. The minimum atomic E-state index is 0.409. The van der Waals surface area contributed by atoms with Crippen molar-refractivity contribution >= 4 is 39.2 Å². The minimum Gasteiger partial charge on any atom is -0.367 e. The first-order valence-electron chi connectivity index (χ1n) is 10.3. The number of aromatic nitrogens is 4. The van der Waals surface area contributed by atoms with E-state index in [2.05, 4.69) is 46.3 Å². The third kappa shape index (κ3) is 3.58. The van der Waals surface area contributed by atoms with Gasteiger partial charge >= 0.3 is 0 Å². The lowest BCUT2D eigenvalue weighted by atomic mass is 10.0. The lowest BCUT2D eigenvalue weighted by Crippen LogP contribution is -2.54. The molecule has 2 atom stereocenters. The third-order valence-corrected chi connectivity index (χ3v) is 5.97. The summed E-state index contributed by atoms with van der Waals surface area (Å²) < 4.78 is 1.71. The Labute approximate surface area is 185 Å². The van der Waals surface area contributed by atoms with Crippen molar-refractivity contribution in [1.29, 1.82) is 5.26 Å². The van der Waals surface area contributed by atoms with Crippen LogP contribution in [0.1, 0.15) is 19.4 Å². The molecule has 0 aliphatic carbocycles. The maximum Gasteiger partial charge on any atom is 0.161 e. The molecule has 0 radical (unpaired) electrons. The summed E-state index contributed by atoms with van der Waals surface area (Å²) in [4.78, 5) is 11.7. The van der Waals surface area contributed by atoms with Gasteiger partial charge in [0.2, 0.25) is 0 Å². The number of hydrogen-bond donors (Lipinski definition) is 1. The summed E-state index contributed by atoms with van der Waals surface area (Å²) in [7, 11) is 1.84. The fourth-order valence-corrected chi connectivity index (χ4v) is 4.64. The molecule has 0 amide bonds. The zero-order chi connectivity index (χ0) is 21.7. The summed E-state index contributed by atoms with van der Waals surface area (Å²) in [6.07, 6.45) is 3.76. The minimum absolute atomic E-state index is 0.409. The lowest BCUT2D eigenvalue weighted by molar-refractivity contribution is 0.407. The van der Waals surface area contributed by atoms with Crippen LogP contribution in [0, 0.1) is 11.3 Å². The van der Waals surface area contributed by atoms with E-state index in [1.54, 1.807) is 10.7 Å². The fraction of sp³-hybridized carbons (Fsp3) is 0.304. The molecule has 1 aliphatic heterocycles. The number of fused-ring (bicyclic) bond motifs is 2. The first kappa shape index (κ1) is 19.7. The standard InChI is InChI=1S/C23H22ClN7/c1-13-10-31(11-14(2)27-13)18-6-19-20(24)7-21(28-23(19)26-9-18)15-4-16(8-25)22-17(5-15)12-30(3)29-22/h4-7,9,12-14,27H,10-11H2,1-3H3/t13-,14-/m0/s1. The molecule has 156 valence electrons. The Morgan fingerprint density at radius 2 is 1.94 bits per heavy atom. The molecular formula is C23H22ClN7. The molecule has 3 aromatic heterocycles. The highest BCUT2D eigenvalue weighted by atomic mass is 35.5. The van der Waals surface area contributed by atoms with Crippen LogP contribution in [-0.4, -0.2) is 44.9 Å². The van der Waals surface area contributed by atoms with Crippen molar-refractivity contribution in [3.63, 3.8) is 0 Å². The van der Waals surface area contributed by atoms with Gasteiger partial charge < -0.3 is 10.2 Å². The van der Waals surface area contributed by atoms with Crippen LogP contribution in [-0.2, 0) is 7.05 Å². The van der Waals surface area contributed by atoms with Crippen LogP contribution in [0.2, 0.25) is 5.02 Å². The van der Waals surface area contributed by atoms with Gasteiger partial charge in [0.15, 0.2) is 5.65 Å². The van der Waals surface area contributed by atoms with Gasteiger partial charge in [0.05, 0.1) is 28.2 Å². The molecule has 0 saturated carbocycles. The number of pyridine rings is 2. The Kier molecular flexibility index (Phi) is 4.77. The summed E-state index contributed by atoms with van der Waals surface area (Å²) >= 11 is 6.68. The number of hydrogen-bond acceptors (Lipinski definition) is 6. The highest BCUT2D eigenvalue weighted by Gasteiger charge is 2.22. The van der Waals surface area contributed by atoms with Crippen molar-refractivity contribution < 1.29 is 0 Å². The van der Waals surface area contributed by atoms with E-state index in [9.17, 15) is 5.26 Å². The molecule has 1 aromatic carbocycles. The van der Waals surface area contributed by atoms with Crippen molar-refractivity contribution in [1.82, 2.24) is 25.1 Å². The number of aryl methyl sites for hydroxylation is 1. The maximum atomic E-state index is 9.57. The third-order valence-electron chi connectivity index (χ3n) is 5.66. The van der Waals surface area contributed by atoms with E-state index < -0.39 is 0 Å².